The van der Waals surface area contributed by atoms with E-state index in [0.717, 1.165) is 31.0 Å². The van der Waals surface area contributed by atoms with Crippen LogP contribution in [0.2, 0.25) is 0 Å². The smallest absolute Gasteiger partial charge is 0.276 e. The molecular formula is C16H21N5O2. The van der Waals surface area contributed by atoms with E-state index in [0.29, 0.717) is 30.4 Å². The van der Waals surface area contributed by atoms with Crippen LogP contribution in [0.15, 0.2) is 16.8 Å². The Hall–Kier alpha value is -2.44. The lowest BCUT2D eigenvalue weighted by molar-refractivity contribution is 0.0760. The maximum absolute atomic E-state index is 12.6. The number of hydrogen-bond donors (Lipinski definition) is 0. The number of nitrogens with zero attached hydrogens (tertiary/aromatic N) is 5. The van der Waals surface area contributed by atoms with E-state index in [2.05, 4.69) is 19.9 Å². The Morgan fingerprint density at radius 3 is 2.65 bits per heavy atom. The summed E-state index contributed by atoms with van der Waals surface area (Å²) >= 11 is 0. The summed E-state index contributed by atoms with van der Waals surface area (Å²) in [6.45, 7) is 8.47. The van der Waals surface area contributed by atoms with Gasteiger partial charge in [0.1, 0.15) is 17.9 Å². The minimum atomic E-state index is -0.0555. The fourth-order valence-electron chi connectivity index (χ4n) is 2.84. The lowest BCUT2D eigenvalue weighted by atomic mass is 10.3. The first-order valence-corrected chi connectivity index (χ1v) is 7.81. The standard InChI is InChI=1S/C16H21N5O2/c1-11-9-14(18-10-17-11)20-5-4-6-21(8-7-20)16(22)15-12(2)23-13(3)19-15/h9-10H,4-8H2,1-3H3. The van der Waals surface area contributed by atoms with Crippen molar-refractivity contribution in [1.29, 1.82) is 0 Å². The second kappa shape index (κ2) is 6.36. The molecule has 0 saturated carbocycles. The number of oxazole rings is 1. The first-order valence-electron chi connectivity index (χ1n) is 7.81. The van der Waals surface area contributed by atoms with Crippen molar-refractivity contribution in [3.05, 3.63) is 35.4 Å². The van der Waals surface area contributed by atoms with Gasteiger partial charge in [-0.1, -0.05) is 0 Å². The van der Waals surface area contributed by atoms with Gasteiger partial charge < -0.3 is 14.2 Å². The molecule has 1 aliphatic rings. The average Bonchev–Trinajstić information content (AvgIpc) is 2.74. The molecule has 3 rings (SSSR count). The lowest BCUT2D eigenvalue weighted by Gasteiger charge is -2.22. The van der Waals surface area contributed by atoms with E-state index >= 15 is 0 Å². The fourth-order valence-corrected chi connectivity index (χ4v) is 2.84. The zero-order valence-corrected chi connectivity index (χ0v) is 13.7. The van der Waals surface area contributed by atoms with E-state index in [1.807, 2.05) is 17.9 Å². The van der Waals surface area contributed by atoms with Gasteiger partial charge in [0, 0.05) is 44.9 Å². The summed E-state index contributed by atoms with van der Waals surface area (Å²) in [6, 6.07) is 1.97. The van der Waals surface area contributed by atoms with Gasteiger partial charge in [-0.3, -0.25) is 4.79 Å². The summed E-state index contributed by atoms with van der Waals surface area (Å²) in [6.07, 6.45) is 2.48. The zero-order chi connectivity index (χ0) is 16.4. The highest BCUT2D eigenvalue weighted by atomic mass is 16.4. The van der Waals surface area contributed by atoms with Crippen molar-refractivity contribution in [2.45, 2.75) is 27.2 Å². The van der Waals surface area contributed by atoms with Gasteiger partial charge in [-0.25, -0.2) is 15.0 Å². The van der Waals surface area contributed by atoms with Crippen molar-refractivity contribution in [3.8, 4) is 0 Å². The summed E-state index contributed by atoms with van der Waals surface area (Å²) in [5.74, 6) is 1.97. The Bertz CT molecular complexity index is 712. The van der Waals surface area contributed by atoms with Crippen LogP contribution in [0.4, 0.5) is 5.82 Å². The normalized spacial score (nSPS) is 15.6. The van der Waals surface area contributed by atoms with Crippen molar-refractivity contribution in [2.24, 2.45) is 0 Å². The number of amides is 1. The highest BCUT2D eigenvalue weighted by molar-refractivity contribution is 5.93. The quantitative estimate of drug-likeness (QED) is 0.840. The predicted octanol–water partition coefficient (Wildman–Crippen LogP) is 1.74. The molecule has 1 saturated heterocycles. The fraction of sp³-hybridized carbons (Fsp3) is 0.500. The minimum Gasteiger partial charge on any atom is -0.445 e. The van der Waals surface area contributed by atoms with E-state index in [9.17, 15) is 4.79 Å². The summed E-state index contributed by atoms with van der Waals surface area (Å²) in [5.41, 5.74) is 1.37. The predicted molar refractivity (Wildman–Crippen MR) is 85.5 cm³/mol. The summed E-state index contributed by atoms with van der Waals surface area (Å²) in [4.78, 5) is 29.4. The van der Waals surface area contributed by atoms with Crippen LogP contribution in [0.25, 0.3) is 0 Å². The second-order valence-corrected chi connectivity index (χ2v) is 5.79. The summed E-state index contributed by atoms with van der Waals surface area (Å²) in [5, 5.41) is 0. The molecule has 1 fully saturated rings. The Balaban J connectivity index is 1.71. The first kappa shape index (κ1) is 15.5. The minimum absolute atomic E-state index is 0.0555. The van der Waals surface area contributed by atoms with Crippen LogP contribution in [-0.2, 0) is 0 Å². The Morgan fingerprint density at radius 2 is 1.96 bits per heavy atom. The van der Waals surface area contributed by atoms with Crippen molar-refractivity contribution in [1.82, 2.24) is 19.9 Å². The first-order chi connectivity index (χ1) is 11.0. The number of aryl methyl sites for hydroxylation is 3. The molecule has 0 aliphatic carbocycles. The van der Waals surface area contributed by atoms with Crippen LogP contribution in [0.3, 0.4) is 0 Å². The van der Waals surface area contributed by atoms with Crippen LogP contribution in [0.5, 0.6) is 0 Å². The van der Waals surface area contributed by atoms with Gasteiger partial charge in [-0.2, -0.15) is 0 Å². The number of rotatable bonds is 2. The Morgan fingerprint density at radius 1 is 1.13 bits per heavy atom. The molecule has 2 aromatic heterocycles. The molecule has 3 heterocycles. The van der Waals surface area contributed by atoms with Crippen LogP contribution in [0, 0.1) is 20.8 Å². The van der Waals surface area contributed by atoms with Gasteiger partial charge in [-0.05, 0) is 20.3 Å². The largest absolute Gasteiger partial charge is 0.445 e. The highest BCUT2D eigenvalue weighted by Gasteiger charge is 2.25. The molecule has 0 atom stereocenters. The third-order valence-corrected chi connectivity index (χ3v) is 4.00. The third-order valence-electron chi connectivity index (χ3n) is 4.00. The van der Waals surface area contributed by atoms with Crippen molar-refractivity contribution >= 4 is 11.7 Å². The van der Waals surface area contributed by atoms with Gasteiger partial charge >= 0.3 is 0 Å². The van der Waals surface area contributed by atoms with Crippen LogP contribution >= 0.6 is 0 Å². The van der Waals surface area contributed by atoms with Crippen molar-refractivity contribution < 1.29 is 9.21 Å². The Labute approximate surface area is 135 Å². The molecule has 0 spiro atoms. The number of carbonyl (C=O) groups is 1. The van der Waals surface area contributed by atoms with E-state index in [1.165, 1.54) is 0 Å². The molecule has 0 N–H and O–H groups in total. The number of anilines is 1. The average molecular weight is 315 g/mol. The maximum atomic E-state index is 12.6. The van der Waals surface area contributed by atoms with Crippen molar-refractivity contribution in [2.75, 3.05) is 31.1 Å². The van der Waals surface area contributed by atoms with Crippen LogP contribution in [-0.4, -0.2) is 51.9 Å². The molecule has 7 nitrogen and oxygen atoms in total. The van der Waals surface area contributed by atoms with Crippen LogP contribution in [0.1, 0.15) is 34.3 Å². The van der Waals surface area contributed by atoms with Gasteiger partial charge in [0.2, 0.25) is 0 Å². The number of aromatic nitrogens is 3. The Kier molecular flexibility index (Phi) is 4.27. The molecule has 0 aromatic carbocycles. The number of hydrogen-bond acceptors (Lipinski definition) is 6. The molecule has 122 valence electrons. The summed E-state index contributed by atoms with van der Waals surface area (Å²) in [7, 11) is 0. The van der Waals surface area contributed by atoms with Gasteiger partial charge in [0.25, 0.3) is 5.91 Å². The molecule has 2 aromatic rings. The molecule has 1 aliphatic heterocycles. The monoisotopic (exact) mass is 315 g/mol. The number of carbonyl (C=O) groups excluding carboxylic acids is 1. The van der Waals surface area contributed by atoms with Gasteiger partial charge in [0.05, 0.1) is 0 Å². The van der Waals surface area contributed by atoms with Crippen LogP contribution < -0.4 is 4.90 Å². The van der Waals surface area contributed by atoms with Gasteiger partial charge in [-0.15, -0.1) is 0 Å². The third kappa shape index (κ3) is 3.33. The highest BCUT2D eigenvalue weighted by Crippen LogP contribution is 2.17. The van der Waals surface area contributed by atoms with E-state index < -0.39 is 0 Å². The molecule has 0 radical (unpaired) electrons. The molecule has 7 heteroatoms. The lowest BCUT2D eigenvalue weighted by Crippen LogP contribution is -2.36. The topological polar surface area (TPSA) is 75.4 Å². The second-order valence-electron chi connectivity index (χ2n) is 5.79. The zero-order valence-electron chi connectivity index (χ0n) is 13.7. The van der Waals surface area contributed by atoms with E-state index in [1.54, 1.807) is 20.2 Å². The molecule has 0 bridgehead atoms. The van der Waals surface area contributed by atoms with Crippen molar-refractivity contribution in [3.63, 3.8) is 0 Å². The van der Waals surface area contributed by atoms with Gasteiger partial charge in [0.15, 0.2) is 11.6 Å². The molecule has 23 heavy (non-hydrogen) atoms. The van der Waals surface area contributed by atoms with E-state index in [4.69, 9.17) is 4.42 Å². The van der Waals surface area contributed by atoms with E-state index in [-0.39, 0.29) is 5.91 Å². The summed E-state index contributed by atoms with van der Waals surface area (Å²) < 4.78 is 5.38. The molecule has 0 unspecified atom stereocenters. The molecule has 1 amide bonds. The SMILES string of the molecule is Cc1cc(N2CCCN(C(=O)c3nc(C)oc3C)CC2)ncn1. The molecular weight excluding hydrogens is 294 g/mol. The maximum Gasteiger partial charge on any atom is 0.276 e.